The van der Waals surface area contributed by atoms with Crippen LogP contribution in [0, 0.1) is 6.92 Å². The highest BCUT2D eigenvalue weighted by Gasteiger charge is 2.38. The molecule has 0 saturated carbocycles. The molecule has 0 unspecified atom stereocenters. The summed E-state index contributed by atoms with van der Waals surface area (Å²) in [6, 6.07) is 3.50. The summed E-state index contributed by atoms with van der Waals surface area (Å²) in [7, 11) is 2.98. The molecule has 1 aromatic carbocycles. The van der Waals surface area contributed by atoms with Gasteiger partial charge in [-0.25, -0.2) is 0 Å². The predicted molar refractivity (Wildman–Crippen MR) is 123 cm³/mol. The van der Waals surface area contributed by atoms with E-state index in [0.717, 1.165) is 10.4 Å². The summed E-state index contributed by atoms with van der Waals surface area (Å²) in [5.74, 6) is 0.130. The number of hydrogen-bond donors (Lipinski definition) is 1. The number of benzene rings is 1. The zero-order valence-electron chi connectivity index (χ0n) is 18.8. The van der Waals surface area contributed by atoms with Crippen LogP contribution in [0.5, 0.6) is 5.75 Å². The molecule has 34 heavy (non-hydrogen) atoms. The van der Waals surface area contributed by atoms with E-state index in [1.165, 1.54) is 21.1 Å². The van der Waals surface area contributed by atoms with Crippen molar-refractivity contribution >= 4 is 40.5 Å². The molecule has 8 nitrogen and oxygen atoms in total. The normalized spacial score (nSPS) is 14.4. The first-order chi connectivity index (χ1) is 16.0. The Morgan fingerprint density at radius 2 is 1.85 bits per heavy atom. The lowest BCUT2D eigenvalue weighted by Crippen LogP contribution is -2.50. The lowest BCUT2D eigenvalue weighted by Gasteiger charge is -2.37. The Labute approximate surface area is 204 Å². The second-order valence-corrected chi connectivity index (χ2v) is 8.35. The summed E-state index contributed by atoms with van der Waals surface area (Å²) in [6.07, 6.45) is -4.69. The summed E-state index contributed by atoms with van der Waals surface area (Å²) in [5.41, 5.74) is 3.57. The SMILES string of the molecule is C=C(NOC)c1cc(Cl)c(OC)cc1N1CCN(C(=O)Cn2nc(C(F)(F)F)c(Cl)c2C)CC1. The van der Waals surface area contributed by atoms with Crippen molar-refractivity contribution in [2.75, 3.05) is 45.3 Å². The Balaban J connectivity index is 1.73. The summed E-state index contributed by atoms with van der Waals surface area (Å²) in [6.45, 7) is 6.67. The van der Waals surface area contributed by atoms with Gasteiger partial charge in [-0.05, 0) is 13.0 Å². The van der Waals surface area contributed by atoms with Crippen molar-refractivity contribution in [3.8, 4) is 5.75 Å². The van der Waals surface area contributed by atoms with E-state index in [9.17, 15) is 18.0 Å². The van der Waals surface area contributed by atoms with Gasteiger partial charge < -0.3 is 14.5 Å². The van der Waals surface area contributed by atoms with E-state index in [1.54, 1.807) is 17.0 Å². The second-order valence-electron chi connectivity index (χ2n) is 7.56. The lowest BCUT2D eigenvalue weighted by molar-refractivity contribution is -0.142. The Bertz CT molecular complexity index is 1080. The highest BCUT2D eigenvalue weighted by Crippen LogP contribution is 2.37. The molecule has 0 aliphatic carbocycles. The van der Waals surface area contributed by atoms with Crippen LogP contribution in [-0.4, -0.2) is 61.0 Å². The molecule has 0 spiro atoms. The molecule has 13 heteroatoms. The van der Waals surface area contributed by atoms with E-state index < -0.39 is 16.9 Å². The fourth-order valence-corrected chi connectivity index (χ4v) is 4.15. The minimum Gasteiger partial charge on any atom is -0.495 e. The largest absolute Gasteiger partial charge is 0.495 e. The van der Waals surface area contributed by atoms with Gasteiger partial charge in [0.1, 0.15) is 12.3 Å². The number of methoxy groups -OCH3 is 1. The third kappa shape index (κ3) is 5.37. The smallest absolute Gasteiger partial charge is 0.436 e. The van der Waals surface area contributed by atoms with Crippen molar-refractivity contribution in [3.63, 3.8) is 0 Å². The number of nitrogens with one attached hydrogen (secondary N) is 1. The number of hydrogen-bond acceptors (Lipinski definition) is 6. The summed E-state index contributed by atoms with van der Waals surface area (Å²) < 4.78 is 45.5. The Hall–Kier alpha value is -2.63. The van der Waals surface area contributed by atoms with Crippen LogP contribution in [0.4, 0.5) is 18.9 Å². The van der Waals surface area contributed by atoms with E-state index in [0.29, 0.717) is 48.2 Å². The molecule has 2 heterocycles. The van der Waals surface area contributed by atoms with Crippen molar-refractivity contribution < 1.29 is 27.5 Å². The van der Waals surface area contributed by atoms with E-state index in [-0.39, 0.29) is 18.1 Å². The van der Waals surface area contributed by atoms with Gasteiger partial charge in [-0.1, -0.05) is 29.8 Å². The maximum Gasteiger partial charge on any atom is 0.436 e. The number of carbonyl (C=O) groups excluding carboxylic acids is 1. The molecule has 1 aromatic heterocycles. The number of rotatable bonds is 7. The molecule has 2 aromatic rings. The number of halogens is 5. The molecule has 1 aliphatic heterocycles. The number of hydroxylamine groups is 1. The van der Waals surface area contributed by atoms with Gasteiger partial charge in [0.05, 0.1) is 41.3 Å². The minimum absolute atomic E-state index is 0.0861. The third-order valence-electron chi connectivity index (χ3n) is 5.48. The molecular formula is C21H24Cl2F3N5O3. The number of nitrogens with zero attached hydrogens (tertiary/aromatic N) is 4. The van der Waals surface area contributed by atoms with E-state index in [4.69, 9.17) is 32.8 Å². The highest BCUT2D eigenvalue weighted by molar-refractivity contribution is 6.32. The number of ether oxygens (including phenoxy) is 1. The van der Waals surface area contributed by atoms with Crippen molar-refractivity contribution in [1.29, 1.82) is 0 Å². The fourth-order valence-electron chi connectivity index (χ4n) is 3.66. The van der Waals surface area contributed by atoms with Gasteiger partial charge in [0, 0.05) is 37.8 Å². The first-order valence-electron chi connectivity index (χ1n) is 10.2. The van der Waals surface area contributed by atoms with Crippen LogP contribution in [0.3, 0.4) is 0 Å². The van der Waals surface area contributed by atoms with E-state index in [2.05, 4.69) is 17.2 Å². The molecule has 186 valence electrons. The molecule has 3 rings (SSSR count). The number of anilines is 1. The van der Waals surface area contributed by atoms with Crippen molar-refractivity contribution in [1.82, 2.24) is 20.2 Å². The lowest BCUT2D eigenvalue weighted by atomic mass is 10.1. The van der Waals surface area contributed by atoms with Crippen LogP contribution >= 0.6 is 23.2 Å². The summed E-state index contributed by atoms with van der Waals surface area (Å²) >= 11 is 12.1. The topological polar surface area (TPSA) is 71.9 Å². The third-order valence-corrected chi connectivity index (χ3v) is 6.23. The average Bonchev–Trinajstić information content (AvgIpc) is 3.08. The zero-order valence-corrected chi connectivity index (χ0v) is 20.3. The molecule has 0 radical (unpaired) electrons. The summed E-state index contributed by atoms with van der Waals surface area (Å²) in [4.78, 5) is 21.4. The first-order valence-corrected chi connectivity index (χ1v) is 10.9. The van der Waals surface area contributed by atoms with Crippen LogP contribution < -0.4 is 15.1 Å². The van der Waals surface area contributed by atoms with Crippen LogP contribution in [0.2, 0.25) is 10.0 Å². The van der Waals surface area contributed by atoms with Crippen molar-refractivity contribution in [3.05, 3.63) is 45.7 Å². The van der Waals surface area contributed by atoms with Gasteiger partial charge in [-0.15, -0.1) is 0 Å². The molecule has 0 bridgehead atoms. The van der Waals surface area contributed by atoms with Gasteiger partial charge in [0.2, 0.25) is 5.91 Å². The van der Waals surface area contributed by atoms with Gasteiger partial charge in [0.25, 0.3) is 0 Å². The second kappa shape index (κ2) is 10.3. The van der Waals surface area contributed by atoms with Gasteiger partial charge >= 0.3 is 6.18 Å². The molecule has 0 atom stereocenters. The van der Waals surface area contributed by atoms with Crippen LogP contribution in [-0.2, 0) is 22.4 Å². The van der Waals surface area contributed by atoms with E-state index >= 15 is 0 Å². The molecule has 1 amide bonds. The van der Waals surface area contributed by atoms with Gasteiger partial charge in [-0.2, -0.15) is 18.3 Å². The highest BCUT2D eigenvalue weighted by atomic mass is 35.5. The quantitative estimate of drug-likeness (QED) is 0.555. The van der Waals surface area contributed by atoms with Gasteiger partial charge in [0.15, 0.2) is 5.69 Å². The Kier molecular flexibility index (Phi) is 7.89. The number of piperazine rings is 1. The maximum absolute atomic E-state index is 13.1. The van der Waals surface area contributed by atoms with Crippen LogP contribution in [0.1, 0.15) is 17.0 Å². The maximum atomic E-state index is 13.1. The molecule has 1 N–H and O–H groups in total. The Morgan fingerprint density at radius 3 is 2.38 bits per heavy atom. The molecular weight excluding hydrogens is 498 g/mol. The number of aromatic nitrogens is 2. The molecule has 1 saturated heterocycles. The minimum atomic E-state index is -4.69. The summed E-state index contributed by atoms with van der Waals surface area (Å²) in [5, 5.41) is 3.40. The molecule has 1 aliphatic rings. The monoisotopic (exact) mass is 521 g/mol. The average molecular weight is 522 g/mol. The molecule has 1 fully saturated rings. The van der Waals surface area contributed by atoms with Crippen molar-refractivity contribution in [2.24, 2.45) is 0 Å². The standard InChI is InChI=1S/C21H24Cl2F3N5O3/c1-12(28-34-4)14-9-15(22)17(33-3)10-16(14)29-5-7-30(8-6-29)18(32)11-31-13(2)19(23)20(27-31)21(24,25)26/h9-10,28H,1,5-8,11H2,2-4H3. The van der Waals surface area contributed by atoms with Crippen LogP contribution in [0.25, 0.3) is 5.70 Å². The van der Waals surface area contributed by atoms with E-state index in [1.807, 2.05) is 4.90 Å². The van der Waals surface area contributed by atoms with Gasteiger partial charge in [-0.3, -0.25) is 19.8 Å². The van der Waals surface area contributed by atoms with Crippen molar-refractivity contribution in [2.45, 2.75) is 19.6 Å². The van der Waals surface area contributed by atoms with Crippen LogP contribution in [0.15, 0.2) is 18.7 Å². The number of amides is 1. The number of alkyl halides is 3. The predicted octanol–water partition coefficient (Wildman–Crippen LogP) is 4.00. The Morgan fingerprint density at radius 1 is 1.21 bits per heavy atom. The first kappa shape index (κ1) is 26.0. The number of carbonyl (C=O) groups is 1. The fraction of sp³-hybridized carbons (Fsp3) is 0.429. The zero-order chi connectivity index (χ0) is 25.2.